The summed E-state index contributed by atoms with van der Waals surface area (Å²) >= 11 is 0. The molecule has 3 N–H and O–H groups in total. The van der Waals surface area contributed by atoms with Crippen LogP contribution in [0, 0.1) is 6.92 Å². The minimum atomic E-state index is -3.75. The number of hydrogen-bond donors (Lipinski definition) is 3. The van der Waals surface area contributed by atoms with Crippen molar-refractivity contribution in [3.8, 4) is 0 Å². The predicted molar refractivity (Wildman–Crippen MR) is 86.7 cm³/mol. The van der Waals surface area contributed by atoms with Gasteiger partial charge in [0.05, 0.1) is 11.4 Å². The van der Waals surface area contributed by atoms with E-state index in [-0.39, 0.29) is 23.4 Å². The maximum atomic E-state index is 12.4. The van der Waals surface area contributed by atoms with Crippen LogP contribution in [-0.2, 0) is 16.6 Å². The lowest BCUT2D eigenvalue weighted by Gasteiger charge is -2.26. The van der Waals surface area contributed by atoms with Crippen LogP contribution >= 0.6 is 0 Å². The molecule has 1 aliphatic rings. The molecule has 0 saturated heterocycles. The Labute approximate surface area is 140 Å². The zero-order valence-corrected chi connectivity index (χ0v) is 14.1. The van der Waals surface area contributed by atoms with E-state index in [0.29, 0.717) is 17.2 Å². The normalized spacial score (nSPS) is 15.0. The number of nitrogens with one attached hydrogen (secondary N) is 3. The first-order valence-electron chi connectivity index (χ1n) is 7.72. The highest BCUT2D eigenvalue weighted by Crippen LogP contribution is 2.19. The molecule has 1 heterocycles. The molecule has 1 amide bonds. The van der Waals surface area contributed by atoms with Crippen LogP contribution in [0.25, 0.3) is 0 Å². The summed E-state index contributed by atoms with van der Waals surface area (Å²) in [4.78, 5) is 16.2. The largest absolute Gasteiger partial charge is 0.349 e. The third kappa shape index (κ3) is 3.80. The number of carbonyl (C=O) groups is 1. The monoisotopic (exact) mass is 349 g/mol. The fraction of sp³-hybridized carbons (Fsp3) is 0.400. The lowest BCUT2D eigenvalue weighted by molar-refractivity contribution is 0.0916. The number of rotatable bonds is 6. The number of carbonyl (C=O) groups excluding carboxylic acids is 1. The number of H-pyrrole nitrogens is 1. The van der Waals surface area contributed by atoms with Crippen LogP contribution < -0.4 is 10.0 Å². The third-order valence-corrected chi connectivity index (χ3v) is 5.31. The molecule has 1 fully saturated rings. The molecule has 0 spiro atoms. The van der Waals surface area contributed by atoms with Crippen molar-refractivity contribution < 1.29 is 13.2 Å². The smallest absolute Gasteiger partial charge is 0.251 e. The molecular weight excluding hydrogens is 330 g/mol. The topological polar surface area (TPSA) is 117 Å². The predicted octanol–water partition coefficient (Wildman–Crippen LogP) is 0.874. The second kappa shape index (κ2) is 6.70. The van der Waals surface area contributed by atoms with Crippen LogP contribution in [0.3, 0.4) is 0 Å². The fourth-order valence-corrected chi connectivity index (χ4v) is 3.36. The van der Waals surface area contributed by atoms with Gasteiger partial charge in [0.1, 0.15) is 5.82 Å². The summed E-state index contributed by atoms with van der Waals surface area (Å²) in [6.45, 7) is 1.71. The van der Waals surface area contributed by atoms with Crippen LogP contribution in [0.5, 0.6) is 0 Å². The first kappa shape index (κ1) is 16.6. The van der Waals surface area contributed by atoms with Crippen molar-refractivity contribution in [1.29, 1.82) is 0 Å². The van der Waals surface area contributed by atoms with E-state index < -0.39 is 10.0 Å². The van der Waals surface area contributed by atoms with E-state index in [9.17, 15) is 13.2 Å². The van der Waals surface area contributed by atoms with E-state index >= 15 is 0 Å². The lowest BCUT2D eigenvalue weighted by Crippen LogP contribution is -2.39. The van der Waals surface area contributed by atoms with Gasteiger partial charge < -0.3 is 5.32 Å². The molecule has 1 aromatic heterocycles. The molecule has 3 rings (SSSR count). The van der Waals surface area contributed by atoms with Gasteiger partial charge in [0.15, 0.2) is 5.82 Å². The van der Waals surface area contributed by atoms with Crippen molar-refractivity contribution in [1.82, 2.24) is 25.2 Å². The second-order valence-electron chi connectivity index (χ2n) is 5.79. The maximum Gasteiger partial charge on any atom is 0.251 e. The van der Waals surface area contributed by atoms with Gasteiger partial charge in [-0.3, -0.25) is 9.89 Å². The van der Waals surface area contributed by atoms with Gasteiger partial charge in [-0.25, -0.2) is 18.1 Å². The van der Waals surface area contributed by atoms with E-state index in [1.54, 1.807) is 19.1 Å². The lowest BCUT2D eigenvalue weighted by atomic mass is 9.93. The molecule has 1 aliphatic carbocycles. The first-order chi connectivity index (χ1) is 11.4. The minimum absolute atomic E-state index is 0.0226. The SMILES string of the molecule is Cc1nc(CNS(=O)(=O)c2cccc(C(=O)NC3CCC3)c2)n[nH]1. The number of aromatic amines is 1. The Morgan fingerprint density at radius 1 is 1.38 bits per heavy atom. The first-order valence-corrected chi connectivity index (χ1v) is 9.21. The van der Waals surface area contributed by atoms with Gasteiger partial charge in [-0.2, -0.15) is 5.10 Å². The second-order valence-corrected chi connectivity index (χ2v) is 7.56. The van der Waals surface area contributed by atoms with Crippen molar-refractivity contribution in [2.45, 2.75) is 43.7 Å². The van der Waals surface area contributed by atoms with Crippen LogP contribution in [0.1, 0.15) is 41.3 Å². The number of benzene rings is 1. The molecule has 9 heteroatoms. The van der Waals surface area contributed by atoms with Crippen LogP contribution in [-0.4, -0.2) is 35.5 Å². The Kier molecular flexibility index (Phi) is 4.63. The van der Waals surface area contributed by atoms with Gasteiger partial charge >= 0.3 is 0 Å². The number of aromatic nitrogens is 3. The summed E-state index contributed by atoms with van der Waals surface area (Å²) in [5.74, 6) is 0.718. The van der Waals surface area contributed by atoms with Crippen molar-refractivity contribution in [3.63, 3.8) is 0 Å². The maximum absolute atomic E-state index is 12.4. The number of aryl methyl sites for hydroxylation is 1. The van der Waals surface area contributed by atoms with Gasteiger partial charge in [-0.05, 0) is 44.4 Å². The summed E-state index contributed by atoms with van der Waals surface area (Å²) in [6, 6.07) is 6.18. The zero-order valence-electron chi connectivity index (χ0n) is 13.2. The van der Waals surface area contributed by atoms with E-state index in [0.717, 1.165) is 19.3 Å². The molecule has 128 valence electrons. The summed E-state index contributed by atoms with van der Waals surface area (Å²) < 4.78 is 27.2. The molecule has 2 aromatic rings. The van der Waals surface area contributed by atoms with E-state index in [1.807, 2.05) is 0 Å². The van der Waals surface area contributed by atoms with E-state index in [2.05, 4.69) is 25.2 Å². The molecule has 0 atom stereocenters. The van der Waals surface area contributed by atoms with Crippen molar-refractivity contribution in [3.05, 3.63) is 41.5 Å². The summed E-state index contributed by atoms with van der Waals surface area (Å²) in [7, 11) is -3.75. The fourth-order valence-electron chi connectivity index (χ4n) is 2.34. The Morgan fingerprint density at radius 3 is 2.79 bits per heavy atom. The molecule has 0 radical (unpaired) electrons. The van der Waals surface area contributed by atoms with Crippen molar-refractivity contribution >= 4 is 15.9 Å². The Morgan fingerprint density at radius 2 is 2.17 bits per heavy atom. The van der Waals surface area contributed by atoms with Crippen LogP contribution in [0.4, 0.5) is 0 Å². The quantitative estimate of drug-likeness (QED) is 0.715. The Balaban J connectivity index is 1.70. The van der Waals surface area contributed by atoms with Crippen LogP contribution in [0.15, 0.2) is 29.2 Å². The Hall–Kier alpha value is -2.26. The van der Waals surface area contributed by atoms with E-state index in [1.165, 1.54) is 12.1 Å². The minimum Gasteiger partial charge on any atom is -0.349 e. The van der Waals surface area contributed by atoms with Gasteiger partial charge in [0.25, 0.3) is 5.91 Å². The van der Waals surface area contributed by atoms with Gasteiger partial charge in [-0.1, -0.05) is 6.07 Å². The summed E-state index contributed by atoms with van der Waals surface area (Å²) in [5.41, 5.74) is 0.332. The van der Waals surface area contributed by atoms with Gasteiger partial charge in [0, 0.05) is 11.6 Å². The highest BCUT2D eigenvalue weighted by molar-refractivity contribution is 7.89. The molecule has 0 aliphatic heterocycles. The standard InChI is InChI=1S/C15H19N5O3S/c1-10-17-14(20-19-10)9-16-24(22,23)13-7-2-4-11(8-13)15(21)18-12-5-3-6-12/h2,4,7-8,12,16H,3,5-6,9H2,1H3,(H,18,21)(H,17,19,20). The van der Waals surface area contributed by atoms with Crippen LogP contribution in [0.2, 0.25) is 0 Å². The highest BCUT2D eigenvalue weighted by atomic mass is 32.2. The van der Waals surface area contributed by atoms with Gasteiger partial charge in [0.2, 0.25) is 10.0 Å². The molecule has 8 nitrogen and oxygen atoms in total. The number of sulfonamides is 1. The molecular formula is C15H19N5O3S. The molecule has 24 heavy (non-hydrogen) atoms. The van der Waals surface area contributed by atoms with Crippen molar-refractivity contribution in [2.24, 2.45) is 0 Å². The average molecular weight is 349 g/mol. The summed E-state index contributed by atoms with van der Waals surface area (Å²) in [5, 5.41) is 9.42. The van der Waals surface area contributed by atoms with E-state index in [4.69, 9.17) is 0 Å². The zero-order chi connectivity index (χ0) is 17.2. The molecule has 1 saturated carbocycles. The molecule has 0 bridgehead atoms. The molecule has 1 aromatic carbocycles. The third-order valence-electron chi connectivity index (χ3n) is 3.91. The molecule has 0 unspecified atom stereocenters. The average Bonchev–Trinajstić information content (AvgIpc) is 2.94. The number of nitrogens with zero attached hydrogens (tertiary/aromatic N) is 2. The Bertz CT molecular complexity index is 842. The number of hydrogen-bond acceptors (Lipinski definition) is 5. The number of amides is 1. The van der Waals surface area contributed by atoms with Crippen molar-refractivity contribution in [2.75, 3.05) is 0 Å². The van der Waals surface area contributed by atoms with Gasteiger partial charge in [-0.15, -0.1) is 0 Å². The summed E-state index contributed by atoms with van der Waals surface area (Å²) in [6.07, 6.45) is 3.06. The highest BCUT2D eigenvalue weighted by Gasteiger charge is 2.21.